The van der Waals surface area contributed by atoms with Crippen LogP contribution in [0.5, 0.6) is 0 Å². The number of rotatable bonds is 2. The molecule has 2 rings (SSSR count). The maximum atomic E-state index is 12.5. The Balaban J connectivity index is 2.16. The fourth-order valence-corrected chi connectivity index (χ4v) is 2.59. The van der Waals surface area contributed by atoms with Crippen molar-refractivity contribution in [2.45, 2.75) is 30.7 Å². The summed E-state index contributed by atoms with van der Waals surface area (Å²) in [5.74, 6) is 0.107. The molecule has 1 amide bonds. The molecule has 3 nitrogen and oxygen atoms in total. The van der Waals surface area contributed by atoms with Gasteiger partial charge in [0.25, 0.3) is 5.91 Å². The highest BCUT2D eigenvalue weighted by molar-refractivity contribution is 7.80. The third kappa shape index (κ3) is 2.87. The van der Waals surface area contributed by atoms with Gasteiger partial charge in [-0.15, -0.1) is 12.6 Å². The van der Waals surface area contributed by atoms with Crippen LogP contribution < -0.4 is 5.32 Å². The van der Waals surface area contributed by atoms with Gasteiger partial charge in [0.1, 0.15) is 0 Å². The van der Waals surface area contributed by atoms with Gasteiger partial charge in [-0.1, -0.05) is 6.07 Å². The standard InChI is InChI=1S/C14H20N2OS/c1-10-3-4-12(18)9-13(10)14(17)16(2)11-5-7-15-8-6-11/h3-4,9,11,15,18H,5-8H2,1-2H3. The molecule has 0 unspecified atom stereocenters. The Labute approximate surface area is 114 Å². The van der Waals surface area contributed by atoms with Crippen molar-refractivity contribution in [2.75, 3.05) is 20.1 Å². The molecule has 0 aliphatic carbocycles. The van der Waals surface area contributed by atoms with Crippen molar-refractivity contribution in [3.63, 3.8) is 0 Å². The van der Waals surface area contributed by atoms with Crippen molar-refractivity contribution >= 4 is 18.5 Å². The van der Waals surface area contributed by atoms with Gasteiger partial charge in [-0.3, -0.25) is 4.79 Å². The number of carbonyl (C=O) groups excluding carboxylic acids is 1. The highest BCUT2D eigenvalue weighted by Gasteiger charge is 2.23. The Morgan fingerprint density at radius 2 is 2.06 bits per heavy atom. The van der Waals surface area contributed by atoms with Crippen molar-refractivity contribution in [1.29, 1.82) is 0 Å². The lowest BCUT2D eigenvalue weighted by Crippen LogP contribution is -2.44. The van der Waals surface area contributed by atoms with E-state index in [2.05, 4.69) is 17.9 Å². The number of benzene rings is 1. The summed E-state index contributed by atoms with van der Waals surface area (Å²) >= 11 is 4.31. The van der Waals surface area contributed by atoms with E-state index in [9.17, 15) is 4.79 Å². The number of aryl methyl sites for hydroxylation is 1. The molecule has 4 heteroatoms. The van der Waals surface area contributed by atoms with Crippen LogP contribution in [0.25, 0.3) is 0 Å². The van der Waals surface area contributed by atoms with E-state index in [4.69, 9.17) is 0 Å². The molecule has 1 aliphatic heterocycles. The summed E-state index contributed by atoms with van der Waals surface area (Å²) in [6, 6.07) is 6.07. The minimum Gasteiger partial charge on any atom is -0.339 e. The Morgan fingerprint density at radius 3 is 2.72 bits per heavy atom. The average Bonchev–Trinajstić information content (AvgIpc) is 2.41. The van der Waals surface area contributed by atoms with Crippen molar-refractivity contribution in [3.8, 4) is 0 Å². The molecule has 0 atom stereocenters. The van der Waals surface area contributed by atoms with Crippen LogP contribution in [-0.2, 0) is 0 Å². The van der Waals surface area contributed by atoms with Crippen LogP contribution >= 0.6 is 12.6 Å². The Kier molecular flexibility index (Phi) is 4.30. The molecule has 98 valence electrons. The first-order valence-corrected chi connectivity index (χ1v) is 6.82. The summed E-state index contributed by atoms with van der Waals surface area (Å²) in [6.45, 7) is 3.96. The van der Waals surface area contributed by atoms with Gasteiger partial charge in [-0.2, -0.15) is 0 Å². The molecule has 1 N–H and O–H groups in total. The van der Waals surface area contributed by atoms with Crippen molar-refractivity contribution in [1.82, 2.24) is 10.2 Å². The Bertz CT molecular complexity index is 441. The third-order valence-electron chi connectivity index (χ3n) is 3.63. The van der Waals surface area contributed by atoms with Gasteiger partial charge < -0.3 is 10.2 Å². The zero-order valence-electron chi connectivity index (χ0n) is 10.9. The van der Waals surface area contributed by atoms with Crippen LogP contribution in [0.15, 0.2) is 23.1 Å². The normalized spacial score (nSPS) is 16.6. The zero-order valence-corrected chi connectivity index (χ0v) is 11.8. The number of hydrogen-bond acceptors (Lipinski definition) is 3. The van der Waals surface area contributed by atoms with E-state index in [1.54, 1.807) is 0 Å². The molecule has 1 heterocycles. The fraction of sp³-hybridized carbons (Fsp3) is 0.500. The van der Waals surface area contributed by atoms with Crippen molar-refractivity contribution < 1.29 is 4.79 Å². The summed E-state index contributed by atoms with van der Waals surface area (Å²) in [7, 11) is 1.91. The van der Waals surface area contributed by atoms with Gasteiger partial charge >= 0.3 is 0 Å². The van der Waals surface area contributed by atoms with Gasteiger partial charge in [0, 0.05) is 23.5 Å². The predicted molar refractivity (Wildman–Crippen MR) is 76.4 cm³/mol. The third-order valence-corrected chi connectivity index (χ3v) is 3.91. The van der Waals surface area contributed by atoms with Crippen molar-refractivity contribution in [3.05, 3.63) is 29.3 Å². The first kappa shape index (κ1) is 13.4. The van der Waals surface area contributed by atoms with Crippen molar-refractivity contribution in [2.24, 2.45) is 0 Å². The van der Waals surface area contributed by atoms with Crippen LogP contribution in [0, 0.1) is 6.92 Å². The van der Waals surface area contributed by atoms with E-state index in [-0.39, 0.29) is 5.91 Å². The van der Waals surface area contributed by atoms with E-state index >= 15 is 0 Å². The molecule has 1 aromatic rings. The van der Waals surface area contributed by atoms with Gasteiger partial charge in [0.05, 0.1) is 0 Å². The lowest BCUT2D eigenvalue weighted by molar-refractivity contribution is 0.0702. The number of nitrogens with zero attached hydrogens (tertiary/aromatic N) is 1. The average molecular weight is 264 g/mol. The molecule has 0 aromatic heterocycles. The molecule has 0 radical (unpaired) electrons. The minimum absolute atomic E-state index is 0.107. The van der Waals surface area contributed by atoms with E-state index in [1.165, 1.54) is 0 Å². The highest BCUT2D eigenvalue weighted by Crippen LogP contribution is 2.19. The maximum Gasteiger partial charge on any atom is 0.254 e. The largest absolute Gasteiger partial charge is 0.339 e. The minimum atomic E-state index is 0.107. The summed E-state index contributed by atoms with van der Waals surface area (Å²) in [5.41, 5.74) is 1.78. The molecule has 1 fully saturated rings. The lowest BCUT2D eigenvalue weighted by Gasteiger charge is -2.32. The summed E-state index contributed by atoms with van der Waals surface area (Å²) < 4.78 is 0. The quantitative estimate of drug-likeness (QED) is 0.802. The Morgan fingerprint density at radius 1 is 1.39 bits per heavy atom. The highest BCUT2D eigenvalue weighted by atomic mass is 32.1. The number of amides is 1. The van der Waals surface area contributed by atoms with E-state index in [1.807, 2.05) is 37.1 Å². The number of hydrogen-bond donors (Lipinski definition) is 2. The number of thiol groups is 1. The topological polar surface area (TPSA) is 32.3 Å². The van der Waals surface area contributed by atoms with Crippen LogP contribution in [0.3, 0.4) is 0 Å². The lowest BCUT2D eigenvalue weighted by atomic mass is 10.0. The van der Waals surface area contributed by atoms with Gasteiger partial charge in [0.2, 0.25) is 0 Å². The van der Waals surface area contributed by atoms with Gasteiger partial charge in [-0.25, -0.2) is 0 Å². The summed E-state index contributed by atoms with van der Waals surface area (Å²) in [6.07, 6.45) is 2.06. The van der Waals surface area contributed by atoms with Gasteiger partial charge in [0.15, 0.2) is 0 Å². The molecule has 1 aromatic carbocycles. The summed E-state index contributed by atoms with van der Waals surface area (Å²) in [4.78, 5) is 15.2. The van der Waals surface area contributed by atoms with E-state index in [0.29, 0.717) is 6.04 Å². The fourth-order valence-electron chi connectivity index (χ4n) is 2.39. The molecule has 0 saturated carbocycles. The second-order valence-electron chi connectivity index (χ2n) is 4.90. The summed E-state index contributed by atoms with van der Waals surface area (Å²) in [5, 5.41) is 3.32. The van der Waals surface area contributed by atoms with Gasteiger partial charge in [-0.05, 0) is 50.6 Å². The van der Waals surface area contributed by atoms with E-state index in [0.717, 1.165) is 42.0 Å². The SMILES string of the molecule is Cc1ccc(S)cc1C(=O)N(C)C1CCNCC1. The predicted octanol–water partition coefficient (Wildman–Crippen LogP) is 2.11. The van der Waals surface area contributed by atoms with Crippen LogP contribution in [0.2, 0.25) is 0 Å². The molecule has 18 heavy (non-hydrogen) atoms. The molecule has 1 saturated heterocycles. The molecule has 0 bridgehead atoms. The monoisotopic (exact) mass is 264 g/mol. The first-order valence-electron chi connectivity index (χ1n) is 6.37. The molecular weight excluding hydrogens is 244 g/mol. The molecule has 0 spiro atoms. The smallest absolute Gasteiger partial charge is 0.254 e. The second kappa shape index (κ2) is 5.76. The van der Waals surface area contributed by atoms with E-state index < -0.39 is 0 Å². The van der Waals surface area contributed by atoms with Crippen LogP contribution in [0.1, 0.15) is 28.8 Å². The number of nitrogens with one attached hydrogen (secondary N) is 1. The second-order valence-corrected chi connectivity index (χ2v) is 5.41. The number of piperidine rings is 1. The first-order chi connectivity index (χ1) is 8.59. The zero-order chi connectivity index (χ0) is 13.1. The van der Waals surface area contributed by atoms with Crippen LogP contribution in [0.4, 0.5) is 0 Å². The Hall–Kier alpha value is -1.00. The maximum absolute atomic E-state index is 12.5. The molecular formula is C14H20N2OS. The van der Waals surface area contributed by atoms with Crippen LogP contribution in [-0.4, -0.2) is 37.0 Å². The number of carbonyl (C=O) groups is 1. The molecule has 1 aliphatic rings.